The highest BCUT2D eigenvalue weighted by Gasteiger charge is 1.92. The Morgan fingerprint density at radius 1 is 0.238 bits per heavy atom. The Bertz CT molecular complexity index is 123. The van der Waals surface area contributed by atoms with Crippen molar-refractivity contribution < 1.29 is 0 Å². The standard InChI is InChI=1S/C16H34.C5H12/c1-3-5-7-9-11-13-15-16-14-12-10-8-6-4-2;1-3-5-4-2/h3-16H2,1-2H3;3-5H2,1-2H3. The first-order valence-electron chi connectivity index (χ1n) is 10.3. The van der Waals surface area contributed by atoms with Crippen LogP contribution in [0, 0.1) is 0 Å². The van der Waals surface area contributed by atoms with Crippen molar-refractivity contribution in [2.24, 2.45) is 0 Å². The van der Waals surface area contributed by atoms with E-state index in [4.69, 9.17) is 0 Å². The highest BCUT2D eigenvalue weighted by atomic mass is 14.0. The Balaban J connectivity index is 0. The van der Waals surface area contributed by atoms with E-state index >= 15 is 0 Å². The van der Waals surface area contributed by atoms with Gasteiger partial charge >= 0.3 is 0 Å². The number of hydrogen-bond donors (Lipinski definition) is 0. The van der Waals surface area contributed by atoms with Gasteiger partial charge in [-0.2, -0.15) is 0 Å². The Kier molecular flexibility index (Phi) is 27.7. The molecule has 0 aliphatic rings. The van der Waals surface area contributed by atoms with Gasteiger partial charge in [0.2, 0.25) is 0 Å². The van der Waals surface area contributed by atoms with Gasteiger partial charge in [0.25, 0.3) is 0 Å². The summed E-state index contributed by atoms with van der Waals surface area (Å²) in [6.45, 7) is 9.00. The molecular formula is C21H46. The molecule has 0 aliphatic carbocycles. The molecular weight excluding hydrogens is 252 g/mol. The molecule has 0 saturated carbocycles. The minimum absolute atomic E-state index is 1.34. The summed E-state index contributed by atoms with van der Waals surface area (Å²) in [6, 6.07) is 0. The van der Waals surface area contributed by atoms with Crippen molar-refractivity contribution in [3.05, 3.63) is 0 Å². The fraction of sp³-hybridized carbons (Fsp3) is 1.00. The molecule has 0 aromatic rings. The maximum absolute atomic E-state index is 2.29. The summed E-state index contributed by atoms with van der Waals surface area (Å²) in [5, 5.41) is 0. The molecule has 0 rings (SSSR count). The zero-order chi connectivity index (χ0) is 16.0. The first-order valence-corrected chi connectivity index (χ1v) is 10.3. The minimum Gasteiger partial charge on any atom is -0.0654 e. The molecule has 0 amide bonds. The van der Waals surface area contributed by atoms with Gasteiger partial charge in [-0.1, -0.05) is 137 Å². The van der Waals surface area contributed by atoms with Crippen LogP contribution in [0.25, 0.3) is 0 Å². The molecule has 0 aromatic carbocycles. The van der Waals surface area contributed by atoms with Gasteiger partial charge in [-0.05, 0) is 0 Å². The summed E-state index contributed by atoms with van der Waals surface area (Å²) in [6.07, 6.45) is 24.5. The molecule has 0 N–H and O–H groups in total. The minimum atomic E-state index is 1.34. The van der Waals surface area contributed by atoms with E-state index in [2.05, 4.69) is 27.7 Å². The van der Waals surface area contributed by atoms with Crippen molar-refractivity contribution in [2.45, 2.75) is 137 Å². The van der Waals surface area contributed by atoms with Gasteiger partial charge in [0.15, 0.2) is 0 Å². The van der Waals surface area contributed by atoms with Crippen LogP contribution in [-0.2, 0) is 0 Å². The zero-order valence-corrected chi connectivity index (χ0v) is 16.0. The van der Waals surface area contributed by atoms with Crippen LogP contribution in [0.3, 0.4) is 0 Å². The Hall–Kier alpha value is 0. The predicted octanol–water partition coefficient (Wildman–Crippen LogP) is 8.68. The molecule has 0 bridgehead atoms. The van der Waals surface area contributed by atoms with Crippen LogP contribution in [0.5, 0.6) is 0 Å². The lowest BCUT2D eigenvalue weighted by Gasteiger charge is -2.02. The van der Waals surface area contributed by atoms with Gasteiger partial charge in [-0.25, -0.2) is 0 Å². The molecule has 0 spiro atoms. The van der Waals surface area contributed by atoms with E-state index in [1.165, 1.54) is 109 Å². The summed E-state index contributed by atoms with van der Waals surface area (Å²) >= 11 is 0. The maximum atomic E-state index is 2.29. The van der Waals surface area contributed by atoms with Gasteiger partial charge in [-0.3, -0.25) is 0 Å². The fourth-order valence-electron chi connectivity index (χ4n) is 2.62. The number of unbranched alkanes of at least 4 members (excludes halogenated alkanes) is 15. The van der Waals surface area contributed by atoms with E-state index < -0.39 is 0 Å². The van der Waals surface area contributed by atoms with E-state index in [1.54, 1.807) is 0 Å². The van der Waals surface area contributed by atoms with Crippen LogP contribution in [0.15, 0.2) is 0 Å². The van der Waals surface area contributed by atoms with Crippen LogP contribution in [0.4, 0.5) is 0 Å². The molecule has 21 heavy (non-hydrogen) atoms. The summed E-state index contributed by atoms with van der Waals surface area (Å²) in [4.78, 5) is 0. The summed E-state index contributed by atoms with van der Waals surface area (Å²) in [7, 11) is 0. The molecule has 0 nitrogen and oxygen atoms in total. The molecule has 0 radical (unpaired) electrons. The monoisotopic (exact) mass is 298 g/mol. The smallest absolute Gasteiger partial charge is 0.0533 e. The van der Waals surface area contributed by atoms with Crippen LogP contribution in [0.2, 0.25) is 0 Å². The topological polar surface area (TPSA) is 0 Å². The van der Waals surface area contributed by atoms with Gasteiger partial charge < -0.3 is 0 Å². The third-order valence-corrected chi connectivity index (χ3v) is 4.16. The summed E-state index contributed by atoms with van der Waals surface area (Å²) in [5.74, 6) is 0. The Morgan fingerprint density at radius 2 is 0.429 bits per heavy atom. The summed E-state index contributed by atoms with van der Waals surface area (Å²) in [5.41, 5.74) is 0. The van der Waals surface area contributed by atoms with Gasteiger partial charge in [0.05, 0.1) is 0 Å². The average molecular weight is 299 g/mol. The van der Waals surface area contributed by atoms with Gasteiger partial charge in [0.1, 0.15) is 0 Å². The molecule has 0 saturated heterocycles. The normalized spacial score (nSPS) is 10.3. The van der Waals surface area contributed by atoms with Crippen molar-refractivity contribution in [3.63, 3.8) is 0 Å². The number of rotatable bonds is 15. The van der Waals surface area contributed by atoms with Crippen molar-refractivity contribution in [2.75, 3.05) is 0 Å². The Labute approximate surface area is 137 Å². The molecule has 0 aromatic heterocycles. The predicted molar refractivity (Wildman–Crippen MR) is 101 cm³/mol. The molecule has 0 unspecified atom stereocenters. The van der Waals surface area contributed by atoms with Crippen LogP contribution in [-0.4, -0.2) is 0 Å². The first kappa shape index (κ1) is 23.3. The lowest BCUT2D eigenvalue weighted by Crippen LogP contribution is -1.82. The lowest BCUT2D eigenvalue weighted by molar-refractivity contribution is 0.538. The molecule has 0 heteroatoms. The van der Waals surface area contributed by atoms with Gasteiger partial charge in [-0.15, -0.1) is 0 Å². The van der Waals surface area contributed by atoms with E-state index in [0.29, 0.717) is 0 Å². The second-order valence-corrected chi connectivity index (χ2v) is 6.60. The van der Waals surface area contributed by atoms with E-state index in [0.717, 1.165) is 0 Å². The van der Waals surface area contributed by atoms with Crippen molar-refractivity contribution in [1.82, 2.24) is 0 Å². The number of hydrogen-bond acceptors (Lipinski definition) is 0. The van der Waals surface area contributed by atoms with Gasteiger partial charge in [0, 0.05) is 0 Å². The molecule has 0 atom stereocenters. The van der Waals surface area contributed by atoms with Crippen molar-refractivity contribution in [1.29, 1.82) is 0 Å². The fourth-order valence-corrected chi connectivity index (χ4v) is 2.62. The highest BCUT2D eigenvalue weighted by Crippen LogP contribution is 2.12. The van der Waals surface area contributed by atoms with Crippen LogP contribution >= 0.6 is 0 Å². The maximum Gasteiger partial charge on any atom is -0.0533 e. The second-order valence-electron chi connectivity index (χ2n) is 6.60. The third kappa shape index (κ3) is 28.8. The van der Waals surface area contributed by atoms with Crippen LogP contribution in [0.1, 0.15) is 137 Å². The lowest BCUT2D eigenvalue weighted by atomic mass is 10.0. The van der Waals surface area contributed by atoms with E-state index in [1.807, 2.05) is 0 Å². The van der Waals surface area contributed by atoms with Crippen LogP contribution < -0.4 is 0 Å². The first-order chi connectivity index (χ1) is 10.3. The molecule has 0 fully saturated rings. The molecule has 0 aliphatic heterocycles. The quantitative estimate of drug-likeness (QED) is 0.265. The molecule has 0 heterocycles. The summed E-state index contributed by atoms with van der Waals surface area (Å²) < 4.78 is 0. The van der Waals surface area contributed by atoms with Crippen molar-refractivity contribution in [3.8, 4) is 0 Å². The second kappa shape index (κ2) is 25.0. The highest BCUT2D eigenvalue weighted by molar-refractivity contribution is 4.48. The Morgan fingerprint density at radius 3 is 0.571 bits per heavy atom. The largest absolute Gasteiger partial charge is 0.0654 e. The zero-order valence-electron chi connectivity index (χ0n) is 16.0. The average Bonchev–Trinajstić information content (AvgIpc) is 2.50. The SMILES string of the molecule is CCCCC.CCCCCCCCCCCCCCCC. The van der Waals surface area contributed by atoms with Crippen molar-refractivity contribution >= 4 is 0 Å². The molecule has 130 valence electrons. The van der Waals surface area contributed by atoms with E-state index in [-0.39, 0.29) is 0 Å². The van der Waals surface area contributed by atoms with E-state index in [9.17, 15) is 0 Å². The third-order valence-electron chi connectivity index (χ3n) is 4.16.